The molecule has 2 aliphatic heterocycles. The van der Waals surface area contributed by atoms with Gasteiger partial charge in [0.2, 0.25) is 0 Å². The number of carbonyl (C=O) groups is 2. The Kier molecular flexibility index (Phi) is 8.33. The first-order chi connectivity index (χ1) is 19.8. The van der Waals surface area contributed by atoms with Gasteiger partial charge in [0.1, 0.15) is 17.6 Å². The van der Waals surface area contributed by atoms with Crippen LogP contribution in [-0.4, -0.2) is 57.6 Å². The molecule has 3 heterocycles. The lowest BCUT2D eigenvalue weighted by atomic mass is 9.94. The van der Waals surface area contributed by atoms with Crippen molar-refractivity contribution >= 4 is 17.4 Å². The molecule has 41 heavy (non-hydrogen) atoms. The van der Waals surface area contributed by atoms with Gasteiger partial charge in [-0.2, -0.15) is 0 Å². The van der Waals surface area contributed by atoms with E-state index in [0.29, 0.717) is 61.1 Å². The maximum absolute atomic E-state index is 13.5. The van der Waals surface area contributed by atoms with Gasteiger partial charge >= 0.3 is 0 Å². The molecule has 5 rings (SSSR count). The smallest absolute Gasteiger partial charge is 0.295 e. The Balaban J connectivity index is 1.52. The van der Waals surface area contributed by atoms with Crippen molar-refractivity contribution in [3.8, 4) is 17.2 Å². The molecule has 9 heteroatoms. The van der Waals surface area contributed by atoms with Crippen LogP contribution in [-0.2, 0) is 22.6 Å². The Bertz CT molecular complexity index is 1450. The summed E-state index contributed by atoms with van der Waals surface area (Å²) in [6.07, 6.45) is 7.51. The monoisotopic (exact) mass is 559 g/mol. The van der Waals surface area contributed by atoms with E-state index in [0.717, 1.165) is 17.7 Å². The fourth-order valence-electron chi connectivity index (χ4n) is 5.40. The summed E-state index contributed by atoms with van der Waals surface area (Å²) in [5, 5.41) is 11.6. The first-order valence-corrected chi connectivity index (χ1v) is 14.1. The summed E-state index contributed by atoms with van der Waals surface area (Å²) in [5.41, 5.74) is 2.14. The number of benzene rings is 2. The van der Waals surface area contributed by atoms with Crippen LogP contribution in [0.25, 0.3) is 5.76 Å². The lowest BCUT2D eigenvalue weighted by molar-refractivity contribution is -0.139. The molecule has 2 aromatic carbocycles. The van der Waals surface area contributed by atoms with Crippen LogP contribution in [0.5, 0.6) is 17.2 Å². The summed E-state index contributed by atoms with van der Waals surface area (Å²) in [6, 6.07) is 9.99. The van der Waals surface area contributed by atoms with Crippen LogP contribution in [0.4, 0.5) is 0 Å². The third-order valence-electron chi connectivity index (χ3n) is 7.54. The van der Waals surface area contributed by atoms with Gasteiger partial charge in [0, 0.05) is 37.5 Å². The van der Waals surface area contributed by atoms with E-state index in [2.05, 4.69) is 18.8 Å². The number of fused-ring (bicyclic) bond motifs is 1. The van der Waals surface area contributed by atoms with Crippen LogP contribution in [0.1, 0.15) is 56.3 Å². The third-order valence-corrected chi connectivity index (χ3v) is 7.54. The molecule has 0 saturated carbocycles. The number of rotatable bonds is 11. The van der Waals surface area contributed by atoms with E-state index < -0.39 is 17.7 Å². The van der Waals surface area contributed by atoms with Gasteiger partial charge in [-0.05, 0) is 67.1 Å². The molecule has 2 atom stereocenters. The van der Waals surface area contributed by atoms with Crippen molar-refractivity contribution in [3.05, 3.63) is 77.4 Å². The Labute approximate surface area is 240 Å². The van der Waals surface area contributed by atoms with Gasteiger partial charge in [-0.3, -0.25) is 9.59 Å². The predicted molar refractivity (Wildman–Crippen MR) is 154 cm³/mol. The number of aliphatic hydroxyl groups is 1. The van der Waals surface area contributed by atoms with E-state index in [1.165, 1.54) is 4.90 Å². The molecule has 0 aliphatic carbocycles. The highest BCUT2D eigenvalue weighted by Gasteiger charge is 2.46. The van der Waals surface area contributed by atoms with E-state index in [-0.39, 0.29) is 17.4 Å². The molecular formula is C32H37N3O6. The van der Waals surface area contributed by atoms with Crippen molar-refractivity contribution in [2.24, 2.45) is 5.92 Å². The molecule has 1 amide bonds. The lowest BCUT2D eigenvalue weighted by Gasteiger charge is -2.26. The summed E-state index contributed by atoms with van der Waals surface area (Å²) >= 11 is 0. The molecule has 1 aromatic heterocycles. The van der Waals surface area contributed by atoms with Crippen LogP contribution in [0.15, 0.2) is 60.7 Å². The van der Waals surface area contributed by atoms with E-state index in [4.69, 9.17) is 14.2 Å². The molecule has 0 spiro atoms. The number of Topliss-reactive ketones (excluding diaryl/α,β-unsaturated/α-hetero) is 1. The topological polar surface area (TPSA) is 103 Å². The average Bonchev–Trinajstić information content (AvgIpc) is 3.66. The highest BCUT2D eigenvalue weighted by molar-refractivity contribution is 6.46. The number of aryl methyl sites for hydroxylation is 1. The zero-order valence-electron chi connectivity index (χ0n) is 24.0. The second kappa shape index (κ2) is 12.1. The Morgan fingerprint density at radius 3 is 2.71 bits per heavy atom. The van der Waals surface area contributed by atoms with Crippen molar-refractivity contribution in [1.29, 1.82) is 0 Å². The van der Waals surface area contributed by atoms with E-state index in [1.807, 2.05) is 29.8 Å². The number of aliphatic hydroxyl groups excluding tert-OH is 1. The molecule has 1 fully saturated rings. The van der Waals surface area contributed by atoms with Crippen LogP contribution >= 0.6 is 0 Å². The van der Waals surface area contributed by atoms with Crippen LogP contribution in [0, 0.1) is 5.92 Å². The number of hydrogen-bond acceptors (Lipinski definition) is 7. The maximum Gasteiger partial charge on any atom is 0.295 e. The van der Waals surface area contributed by atoms with Crippen LogP contribution in [0.3, 0.4) is 0 Å². The Morgan fingerprint density at radius 2 is 1.98 bits per heavy atom. The molecule has 9 nitrogen and oxygen atoms in total. The number of likely N-dealkylation sites (tertiary alicyclic amines) is 1. The summed E-state index contributed by atoms with van der Waals surface area (Å²) in [6.45, 7) is 7.74. The maximum atomic E-state index is 13.5. The van der Waals surface area contributed by atoms with Gasteiger partial charge in [-0.15, -0.1) is 0 Å². The molecule has 0 radical (unpaired) electrons. The number of hydrogen-bond donors (Lipinski definition) is 1. The number of amides is 1. The standard InChI is InChI=1S/C32H37N3O6/c1-20(2)10-15-40-26-9-6-22(18-27(26)39-4)29-28(30(36)23-7-8-25-24(17-23)16-21(3)41-25)31(37)32(38)35(29)13-5-12-34-14-11-33-19-34/h6-9,11,14,17-21,29,36H,5,10,12-13,15-16H2,1-4H3. The van der Waals surface area contributed by atoms with Crippen molar-refractivity contribution in [2.45, 2.75) is 58.7 Å². The predicted octanol–water partition coefficient (Wildman–Crippen LogP) is 5.15. The van der Waals surface area contributed by atoms with Crippen molar-refractivity contribution < 1.29 is 28.9 Å². The van der Waals surface area contributed by atoms with Crippen LogP contribution < -0.4 is 14.2 Å². The average molecular weight is 560 g/mol. The minimum Gasteiger partial charge on any atom is -0.507 e. The number of methoxy groups -OCH3 is 1. The number of ether oxygens (including phenoxy) is 3. The molecular weight excluding hydrogens is 522 g/mol. The van der Waals surface area contributed by atoms with Crippen molar-refractivity contribution in [1.82, 2.24) is 14.5 Å². The summed E-state index contributed by atoms with van der Waals surface area (Å²) in [4.78, 5) is 32.5. The highest BCUT2D eigenvalue weighted by Crippen LogP contribution is 2.43. The van der Waals surface area contributed by atoms with E-state index in [1.54, 1.807) is 43.9 Å². The van der Waals surface area contributed by atoms with Gasteiger partial charge < -0.3 is 28.8 Å². The first-order valence-electron chi connectivity index (χ1n) is 14.1. The van der Waals surface area contributed by atoms with E-state index >= 15 is 0 Å². The Morgan fingerprint density at radius 1 is 1.15 bits per heavy atom. The second-order valence-corrected chi connectivity index (χ2v) is 11.0. The summed E-state index contributed by atoms with van der Waals surface area (Å²) in [7, 11) is 1.56. The quantitative estimate of drug-likeness (QED) is 0.197. The molecule has 3 aromatic rings. The molecule has 2 aliphatic rings. The summed E-state index contributed by atoms with van der Waals surface area (Å²) < 4.78 is 19.3. The SMILES string of the molecule is COc1cc(C2C(=C(O)c3ccc4c(c3)CC(C)O4)C(=O)C(=O)N2CCCn2ccnc2)ccc1OCCC(C)C. The number of ketones is 1. The summed E-state index contributed by atoms with van der Waals surface area (Å²) in [5.74, 6) is 0.789. The first kappa shape index (κ1) is 28.3. The van der Waals surface area contributed by atoms with Gasteiger partial charge in [0.05, 0.1) is 31.7 Å². The molecule has 0 bridgehead atoms. The second-order valence-electron chi connectivity index (χ2n) is 11.0. The van der Waals surface area contributed by atoms with E-state index in [9.17, 15) is 14.7 Å². The largest absolute Gasteiger partial charge is 0.507 e. The number of carbonyl (C=O) groups excluding carboxylic acids is 2. The van der Waals surface area contributed by atoms with Gasteiger partial charge in [0.15, 0.2) is 11.5 Å². The fourth-order valence-corrected chi connectivity index (χ4v) is 5.40. The Hall–Kier alpha value is -4.27. The number of aromatic nitrogens is 2. The minimum absolute atomic E-state index is 0.0391. The zero-order valence-corrected chi connectivity index (χ0v) is 24.0. The van der Waals surface area contributed by atoms with Crippen LogP contribution in [0.2, 0.25) is 0 Å². The zero-order chi connectivity index (χ0) is 29.1. The molecule has 216 valence electrons. The van der Waals surface area contributed by atoms with Gasteiger partial charge in [-0.1, -0.05) is 19.9 Å². The van der Waals surface area contributed by atoms with Crippen molar-refractivity contribution in [2.75, 3.05) is 20.3 Å². The minimum atomic E-state index is -0.792. The van der Waals surface area contributed by atoms with Crippen molar-refractivity contribution in [3.63, 3.8) is 0 Å². The lowest BCUT2D eigenvalue weighted by Crippen LogP contribution is -2.31. The van der Waals surface area contributed by atoms with Gasteiger partial charge in [-0.25, -0.2) is 4.98 Å². The van der Waals surface area contributed by atoms with Gasteiger partial charge in [0.25, 0.3) is 11.7 Å². The normalized spacial score (nSPS) is 19.5. The fraction of sp³-hybridized carbons (Fsp3) is 0.406. The molecule has 1 saturated heterocycles. The number of imidazole rings is 1. The number of nitrogens with zero attached hydrogens (tertiary/aromatic N) is 3. The highest BCUT2D eigenvalue weighted by atomic mass is 16.5. The third kappa shape index (κ3) is 5.94. The molecule has 1 N–H and O–H groups in total. The molecule has 2 unspecified atom stereocenters.